The van der Waals surface area contributed by atoms with Crippen LogP contribution in [-0.2, 0) is 22.6 Å². The quantitative estimate of drug-likeness (QED) is 0.439. The Labute approximate surface area is 200 Å². The van der Waals surface area contributed by atoms with E-state index in [9.17, 15) is 9.59 Å². The number of hydrogen-bond donors (Lipinski definition) is 1. The van der Waals surface area contributed by atoms with Crippen LogP contribution < -0.4 is 10.2 Å². The second-order valence-corrected chi connectivity index (χ2v) is 9.18. The van der Waals surface area contributed by atoms with E-state index in [0.29, 0.717) is 29.4 Å². The van der Waals surface area contributed by atoms with Crippen LogP contribution in [0.15, 0.2) is 78.9 Å². The highest BCUT2D eigenvalue weighted by Crippen LogP contribution is 2.20. The van der Waals surface area contributed by atoms with Crippen molar-refractivity contribution in [3.05, 3.63) is 101 Å². The molecule has 0 aromatic heterocycles. The molecule has 5 nitrogen and oxygen atoms in total. The lowest BCUT2D eigenvalue weighted by atomic mass is 10.1. The molecule has 0 spiro atoms. The first kappa shape index (κ1) is 24.5. The van der Waals surface area contributed by atoms with E-state index in [4.69, 9.17) is 16.3 Å². The van der Waals surface area contributed by atoms with Crippen LogP contribution in [-0.4, -0.2) is 24.0 Å². The number of ether oxygens (including phenoxy) is 1. The molecule has 0 atom stereocenters. The van der Waals surface area contributed by atoms with Gasteiger partial charge in [0.15, 0.2) is 0 Å². The molecule has 0 aliphatic carbocycles. The molecule has 6 heteroatoms. The predicted molar refractivity (Wildman–Crippen MR) is 132 cm³/mol. The van der Waals surface area contributed by atoms with Crippen molar-refractivity contribution in [1.82, 2.24) is 5.32 Å². The first-order chi connectivity index (χ1) is 15.7. The van der Waals surface area contributed by atoms with Crippen molar-refractivity contribution in [2.24, 2.45) is 0 Å². The molecule has 0 radical (unpaired) electrons. The van der Waals surface area contributed by atoms with Gasteiger partial charge in [0.2, 0.25) is 5.91 Å². The summed E-state index contributed by atoms with van der Waals surface area (Å²) in [5.41, 5.74) is 2.65. The fourth-order valence-electron chi connectivity index (χ4n) is 3.22. The van der Waals surface area contributed by atoms with Crippen molar-refractivity contribution < 1.29 is 14.3 Å². The smallest absolute Gasteiger partial charge is 0.338 e. The summed E-state index contributed by atoms with van der Waals surface area (Å²) in [5, 5.41) is 3.88. The molecule has 0 saturated carbocycles. The molecule has 0 fully saturated rings. The maximum absolute atomic E-state index is 13.1. The number of halogens is 1. The van der Waals surface area contributed by atoms with Gasteiger partial charge in [0.25, 0.3) is 0 Å². The zero-order valence-electron chi connectivity index (χ0n) is 19.2. The zero-order chi connectivity index (χ0) is 23.8. The standard InChI is InChI=1S/C27H29ClN2O3/c1-27(2,3)33-26(32)22-11-15-24(16-12-22)30(19-21-7-5-4-6-8-21)25(31)18-29-17-20-9-13-23(28)14-10-20/h4-16,29H,17-19H2,1-3H3. The summed E-state index contributed by atoms with van der Waals surface area (Å²) in [6.45, 7) is 6.64. The lowest BCUT2D eigenvalue weighted by Gasteiger charge is -2.24. The number of anilines is 1. The Morgan fingerprint density at radius 1 is 0.879 bits per heavy atom. The van der Waals surface area contributed by atoms with Crippen molar-refractivity contribution in [2.45, 2.75) is 39.5 Å². The summed E-state index contributed by atoms with van der Waals surface area (Å²) in [5.74, 6) is -0.461. The maximum atomic E-state index is 13.1. The first-order valence-corrected chi connectivity index (χ1v) is 11.2. The third-order valence-corrected chi connectivity index (χ3v) is 5.07. The first-order valence-electron chi connectivity index (χ1n) is 10.8. The molecule has 0 unspecified atom stereocenters. The van der Waals surface area contributed by atoms with Crippen LogP contribution in [0.1, 0.15) is 42.3 Å². The van der Waals surface area contributed by atoms with Crippen LogP contribution in [0.2, 0.25) is 5.02 Å². The van der Waals surface area contributed by atoms with Crippen LogP contribution in [0, 0.1) is 0 Å². The molecular formula is C27H29ClN2O3. The topological polar surface area (TPSA) is 58.6 Å². The van der Waals surface area contributed by atoms with Gasteiger partial charge < -0.3 is 15.0 Å². The zero-order valence-corrected chi connectivity index (χ0v) is 19.9. The number of benzene rings is 3. The van der Waals surface area contributed by atoms with E-state index >= 15 is 0 Å². The maximum Gasteiger partial charge on any atom is 0.338 e. The minimum atomic E-state index is -0.569. The van der Waals surface area contributed by atoms with Crippen LogP contribution in [0.25, 0.3) is 0 Å². The number of rotatable bonds is 8. The van der Waals surface area contributed by atoms with E-state index in [1.807, 2.05) is 75.4 Å². The monoisotopic (exact) mass is 464 g/mol. The SMILES string of the molecule is CC(C)(C)OC(=O)c1ccc(N(Cc2ccccc2)C(=O)CNCc2ccc(Cl)cc2)cc1. The minimum Gasteiger partial charge on any atom is -0.456 e. The summed E-state index contributed by atoms with van der Waals surface area (Å²) in [6.07, 6.45) is 0. The highest BCUT2D eigenvalue weighted by atomic mass is 35.5. The van der Waals surface area contributed by atoms with Gasteiger partial charge in [-0.3, -0.25) is 4.79 Å². The van der Waals surface area contributed by atoms with Crippen molar-refractivity contribution in [3.63, 3.8) is 0 Å². The van der Waals surface area contributed by atoms with Crippen molar-refractivity contribution in [2.75, 3.05) is 11.4 Å². The van der Waals surface area contributed by atoms with Crippen LogP contribution in [0.4, 0.5) is 5.69 Å². The molecule has 172 valence electrons. The number of hydrogen-bond acceptors (Lipinski definition) is 4. The van der Waals surface area contributed by atoms with Crippen LogP contribution in [0.3, 0.4) is 0 Å². The number of esters is 1. The van der Waals surface area contributed by atoms with Gasteiger partial charge >= 0.3 is 5.97 Å². The Balaban J connectivity index is 1.72. The second kappa shape index (κ2) is 11.1. The fraction of sp³-hybridized carbons (Fsp3) is 0.259. The molecular weight excluding hydrogens is 436 g/mol. The Bertz CT molecular complexity index is 1060. The normalized spacial score (nSPS) is 11.2. The Kier molecular flexibility index (Phi) is 8.26. The molecule has 0 saturated heterocycles. The van der Waals surface area contributed by atoms with Gasteiger partial charge in [-0.05, 0) is 68.3 Å². The number of nitrogens with zero attached hydrogens (tertiary/aromatic N) is 1. The van der Waals surface area contributed by atoms with Gasteiger partial charge in [0, 0.05) is 17.3 Å². The fourth-order valence-corrected chi connectivity index (χ4v) is 3.34. The van der Waals surface area contributed by atoms with E-state index in [2.05, 4.69) is 5.32 Å². The molecule has 3 rings (SSSR count). The van der Waals surface area contributed by atoms with E-state index < -0.39 is 5.60 Å². The van der Waals surface area contributed by atoms with Gasteiger partial charge in [-0.1, -0.05) is 54.1 Å². The van der Waals surface area contributed by atoms with Crippen molar-refractivity contribution in [1.29, 1.82) is 0 Å². The Morgan fingerprint density at radius 2 is 1.52 bits per heavy atom. The van der Waals surface area contributed by atoms with Gasteiger partial charge in [0.05, 0.1) is 18.7 Å². The number of carbonyl (C=O) groups is 2. The van der Waals surface area contributed by atoms with Gasteiger partial charge in [0.1, 0.15) is 5.60 Å². The molecule has 1 N–H and O–H groups in total. The largest absolute Gasteiger partial charge is 0.456 e. The summed E-state index contributed by atoms with van der Waals surface area (Å²) >= 11 is 5.93. The molecule has 3 aromatic carbocycles. The third kappa shape index (κ3) is 7.74. The molecule has 1 amide bonds. The highest BCUT2D eigenvalue weighted by molar-refractivity contribution is 6.30. The molecule has 33 heavy (non-hydrogen) atoms. The average molecular weight is 465 g/mol. The number of nitrogens with one attached hydrogen (secondary N) is 1. The summed E-state index contributed by atoms with van der Waals surface area (Å²) in [4.78, 5) is 27.2. The van der Waals surface area contributed by atoms with Crippen LogP contribution in [0.5, 0.6) is 0 Å². The lowest BCUT2D eigenvalue weighted by Crippen LogP contribution is -2.37. The predicted octanol–water partition coefficient (Wildman–Crippen LogP) is 5.62. The molecule has 0 aliphatic heterocycles. The Hall–Kier alpha value is -3.15. The summed E-state index contributed by atoms with van der Waals surface area (Å²) < 4.78 is 5.43. The molecule has 0 bridgehead atoms. The average Bonchev–Trinajstić information content (AvgIpc) is 2.78. The third-order valence-electron chi connectivity index (χ3n) is 4.82. The van der Waals surface area contributed by atoms with Gasteiger partial charge in [-0.25, -0.2) is 4.79 Å². The molecule has 0 heterocycles. The van der Waals surface area contributed by atoms with E-state index in [1.165, 1.54) is 0 Å². The van der Waals surface area contributed by atoms with Crippen LogP contribution >= 0.6 is 11.6 Å². The molecule has 0 aliphatic rings. The van der Waals surface area contributed by atoms with Crippen molar-refractivity contribution >= 4 is 29.2 Å². The Morgan fingerprint density at radius 3 is 2.12 bits per heavy atom. The van der Waals surface area contributed by atoms with Gasteiger partial charge in [-0.2, -0.15) is 0 Å². The second-order valence-electron chi connectivity index (χ2n) is 8.74. The van der Waals surface area contributed by atoms with Gasteiger partial charge in [-0.15, -0.1) is 0 Å². The summed E-state index contributed by atoms with van der Waals surface area (Å²) in [6, 6.07) is 24.2. The number of amides is 1. The van der Waals surface area contributed by atoms with E-state index in [0.717, 1.165) is 11.1 Å². The number of carbonyl (C=O) groups excluding carboxylic acids is 2. The van der Waals surface area contributed by atoms with Crippen molar-refractivity contribution in [3.8, 4) is 0 Å². The highest BCUT2D eigenvalue weighted by Gasteiger charge is 2.20. The lowest BCUT2D eigenvalue weighted by molar-refractivity contribution is -0.118. The van der Waals surface area contributed by atoms with E-state index in [-0.39, 0.29) is 18.4 Å². The summed E-state index contributed by atoms with van der Waals surface area (Å²) in [7, 11) is 0. The molecule has 3 aromatic rings. The van der Waals surface area contributed by atoms with E-state index in [1.54, 1.807) is 29.2 Å². The minimum absolute atomic E-state index is 0.0714.